The monoisotopic (exact) mass is 289 g/mol. The lowest BCUT2D eigenvalue weighted by Gasteiger charge is -2.06. The van der Waals surface area contributed by atoms with Gasteiger partial charge in [0.05, 0.1) is 11.6 Å². The zero-order valence-corrected chi connectivity index (χ0v) is 11.5. The van der Waals surface area contributed by atoms with Crippen LogP contribution in [0.4, 0.5) is 4.39 Å². The van der Waals surface area contributed by atoms with E-state index in [1.165, 1.54) is 12.1 Å². The van der Waals surface area contributed by atoms with Crippen LogP contribution in [0.5, 0.6) is 5.75 Å². The summed E-state index contributed by atoms with van der Waals surface area (Å²) in [6.07, 6.45) is 0. The summed E-state index contributed by atoms with van der Waals surface area (Å²) in [5.74, 6) is 5.95. The third-order valence-electron chi connectivity index (χ3n) is 2.58. The van der Waals surface area contributed by atoms with Gasteiger partial charge in [-0.3, -0.25) is 0 Å². The van der Waals surface area contributed by atoms with Crippen LogP contribution in [0.1, 0.15) is 11.1 Å². The van der Waals surface area contributed by atoms with Crippen LogP contribution in [-0.2, 0) is 6.61 Å². The lowest BCUT2D eigenvalue weighted by atomic mass is 10.2. The molecule has 2 aromatic carbocycles. The number of nitrogens with two attached hydrogens (primary N) is 1. The first-order chi connectivity index (χ1) is 9.69. The summed E-state index contributed by atoms with van der Waals surface area (Å²) >= 11 is 5.62. The van der Waals surface area contributed by atoms with E-state index in [0.29, 0.717) is 12.3 Å². The average molecular weight is 290 g/mol. The first-order valence-electron chi connectivity index (χ1n) is 6.05. The second-order valence-corrected chi connectivity index (χ2v) is 4.47. The summed E-state index contributed by atoms with van der Waals surface area (Å²) in [6.45, 7) is 0.613. The summed E-state index contributed by atoms with van der Waals surface area (Å²) < 4.78 is 18.8. The Morgan fingerprint density at radius 2 is 1.90 bits per heavy atom. The summed E-state index contributed by atoms with van der Waals surface area (Å²) in [5, 5.41) is 0.108. The highest BCUT2D eigenvalue weighted by atomic mass is 35.5. The predicted octanol–water partition coefficient (Wildman–Crippen LogP) is 3.37. The van der Waals surface area contributed by atoms with Crippen molar-refractivity contribution in [1.82, 2.24) is 0 Å². The van der Waals surface area contributed by atoms with E-state index in [0.717, 1.165) is 11.1 Å². The molecule has 0 radical (unpaired) electrons. The Labute approximate surface area is 122 Å². The third kappa shape index (κ3) is 3.99. The highest BCUT2D eigenvalue weighted by Crippen LogP contribution is 2.18. The van der Waals surface area contributed by atoms with Crippen molar-refractivity contribution in [3.63, 3.8) is 0 Å². The van der Waals surface area contributed by atoms with Crippen LogP contribution < -0.4 is 10.5 Å². The van der Waals surface area contributed by atoms with Crippen LogP contribution in [0.2, 0.25) is 5.02 Å². The van der Waals surface area contributed by atoms with Crippen molar-refractivity contribution in [3.05, 3.63) is 64.4 Å². The summed E-state index contributed by atoms with van der Waals surface area (Å²) in [7, 11) is 0. The van der Waals surface area contributed by atoms with E-state index in [-0.39, 0.29) is 11.6 Å². The zero-order valence-electron chi connectivity index (χ0n) is 10.7. The second-order valence-electron chi connectivity index (χ2n) is 4.07. The normalized spacial score (nSPS) is 9.75. The van der Waals surface area contributed by atoms with Crippen molar-refractivity contribution in [2.75, 3.05) is 6.54 Å². The fourth-order valence-corrected chi connectivity index (χ4v) is 1.70. The Hall–Kier alpha value is -2.02. The minimum Gasteiger partial charge on any atom is -0.489 e. The molecule has 0 aliphatic rings. The molecule has 2 rings (SSSR count). The first-order valence-corrected chi connectivity index (χ1v) is 6.42. The molecule has 0 atom stereocenters. The van der Waals surface area contributed by atoms with Crippen LogP contribution in [0.25, 0.3) is 0 Å². The Bertz CT molecular complexity index is 644. The molecule has 2 nitrogen and oxygen atoms in total. The molecule has 102 valence electrons. The topological polar surface area (TPSA) is 35.2 Å². The molecule has 0 heterocycles. The fraction of sp³-hybridized carbons (Fsp3) is 0.125. The van der Waals surface area contributed by atoms with E-state index in [1.807, 2.05) is 24.3 Å². The average Bonchev–Trinajstić information content (AvgIpc) is 2.47. The van der Waals surface area contributed by atoms with E-state index in [2.05, 4.69) is 11.8 Å². The molecule has 4 heteroatoms. The number of hydrogen-bond acceptors (Lipinski definition) is 2. The van der Waals surface area contributed by atoms with Crippen LogP contribution >= 0.6 is 11.6 Å². The number of hydrogen-bond donors (Lipinski definition) is 1. The SMILES string of the molecule is NCC#Cc1ccc(OCc2ccc(Cl)c(F)c2)cc1. The van der Waals surface area contributed by atoms with E-state index in [1.54, 1.807) is 6.07 Å². The van der Waals surface area contributed by atoms with Gasteiger partial charge in [-0.1, -0.05) is 29.5 Å². The molecule has 0 unspecified atom stereocenters. The van der Waals surface area contributed by atoms with Gasteiger partial charge in [0.25, 0.3) is 0 Å². The molecule has 20 heavy (non-hydrogen) atoms. The van der Waals surface area contributed by atoms with Gasteiger partial charge in [-0.25, -0.2) is 4.39 Å². The van der Waals surface area contributed by atoms with Gasteiger partial charge in [0.1, 0.15) is 18.2 Å². The summed E-state index contributed by atoms with van der Waals surface area (Å²) in [4.78, 5) is 0. The molecule has 0 spiro atoms. The number of benzene rings is 2. The highest BCUT2D eigenvalue weighted by Gasteiger charge is 2.02. The fourth-order valence-electron chi connectivity index (χ4n) is 1.58. The van der Waals surface area contributed by atoms with Crippen LogP contribution in [0, 0.1) is 17.7 Å². The Morgan fingerprint density at radius 3 is 2.55 bits per heavy atom. The van der Waals surface area contributed by atoms with Crippen molar-refractivity contribution in [2.24, 2.45) is 5.73 Å². The molecule has 0 bridgehead atoms. The molecule has 0 fully saturated rings. The lowest BCUT2D eigenvalue weighted by Crippen LogP contribution is -1.96. The predicted molar refractivity (Wildman–Crippen MR) is 78.1 cm³/mol. The number of halogens is 2. The number of rotatable bonds is 3. The smallest absolute Gasteiger partial charge is 0.142 e. The Morgan fingerprint density at radius 1 is 1.15 bits per heavy atom. The van der Waals surface area contributed by atoms with Crippen molar-refractivity contribution < 1.29 is 9.13 Å². The first kappa shape index (κ1) is 14.4. The molecular formula is C16H13ClFNO. The Kier molecular flexibility index (Phi) is 5.00. The minimum absolute atomic E-state index is 0.108. The zero-order chi connectivity index (χ0) is 14.4. The van der Waals surface area contributed by atoms with Gasteiger partial charge in [0.15, 0.2) is 0 Å². The largest absolute Gasteiger partial charge is 0.489 e. The molecule has 0 saturated carbocycles. The maximum absolute atomic E-state index is 13.3. The van der Waals surface area contributed by atoms with Crippen molar-refractivity contribution >= 4 is 11.6 Å². The van der Waals surface area contributed by atoms with Crippen LogP contribution in [0.3, 0.4) is 0 Å². The van der Waals surface area contributed by atoms with Gasteiger partial charge in [0, 0.05) is 5.56 Å². The molecule has 2 N–H and O–H groups in total. The van der Waals surface area contributed by atoms with Gasteiger partial charge in [-0.2, -0.15) is 0 Å². The van der Waals surface area contributed by atoms with Gasteiger partial charge in [-0.15, -0.1) is 0 Å². The summed E-state index contributed by atoms with van der Waals surface area (Å²) in [5.41, 5.74) is 6.90. The molecule has 0 aliphatic heterocycles. The number of ether oxygens (including phenoxy) is 1. The van der Waals surface area contributed by atoms with Crippen LogP contribution in [-0.4, -0.2) is 6.54 Å². The Balaban J connectivity index is 1.98. The lowest BCUT2D eigenvalue weighted by molar-refractivity contribution is 0.305. The molecular weight excluding hydrogens is 277 g/mol. The quantitative estimate of drug-likeness (QED) is 0.879. The molecule has 0 amide bonds. The van der Waals surface area contributed by atoms with Gasteiger partial charge < -0.3 is 10.5 Å². The molecule has 0 aromatic heterocycles. The molecule has 2 aromatic rings. The van der Waals surface area contributed by atoms with Crippen LogP contribution in [0.15, 0.2) is 42.5 Å². The minimum atomic E-state index is -0.444. The maximum Gasteiger partial charge on any atom is 0.142 e. The van der Waals surface area contributed by atoms with Gasteiger partial charge in [-0.05, 0) is 42.0 Å². The maximum atomic E-state index is 13.3. The van der Waals surface area contributed by atoms with E-state index >= 15 is 0 Å². The van der Waals surface area contributed by atoms with E-state index in [9.17, 15) is 4.39 Å². The van der Waals surface area contributed by atoms with Crippen molar-refractivity contribution in [3.8, 4) is 17.6 Å². The highest BCUT2D eigenvalue weighted by molar-refractivity contribution is 6.30. The standard InChI is InChI=1S/C16H13ClFNO/c17-15-8-5-13(10-16(15)18)11-20-14-6-3-12(4-7-14)2-1-9-19/h3-8,10H,9,11,19H2. The van der Waals surface area contributed by atoms with E-state index in [4.69, 9.17) is 22.1 Å². The summed E-state index contributed by atoms with van der Waals surface area (Å²) in [6, 6.07) is 11.9. The molecule has 0 aliphatic carbocycles. The molecule has 0 saturated heterocycles. The third-order valence-corrected chi connectivity index (χ3v) is 2.89. The van der Waals surface area contributed by atoms with E-state index < -0.39 is 5.82 Å². The van der Waals surface area contributed by atoms with Crippen molar-refractivity contribution in [1.29, 1.82) is 0 Å². The van der Waals surface area contributed by atoms with Crippen molar-refractivity contribution in [2.45, 2.75) is 6.61 Å². The van der Waals surface area contributed by atoms with Gasteiger partial charge in [0.2, 0.25) is 0 Å². The second kappa shape index (κ2) is 6.95. The van der Waals surface area contributed by atoms with Gasteiger partial charge >= 0.3 is 0 Å².